The normalized spacial score (nSPS) is 14.9. The third kappa shape index (κ3) is 3.58. The van der Waals surface area contributed by atoms with Crippen LogP contribution in [-0.2, 0) is 19.4 Å². The highest BCUT2D eigenvalue weighted by Crippen LogP contribution is 2.32. The Morgan fingerprint density at radius 3 is 2.79 bits per heavy atom. The minimum atomic E-state index is 0. The first-order valence-corrected chi connectivity index (χ1v) is 7.85. The zero-order chi connectivity index (χ0) is 15.6. The zero-order valence-electron chi connectivity index (χ0n) is 13.2. The van der Waals surface area contributed by atoms with Gasteiger partial charge in [0.05, 0.1) is 6.54 Å². The molecular formula is C18H20IN3O2. The molecule has 0 radical (unpaired) electrons. The van der Waals surface area contributed by atoms with Crippen molar-refractivity contribution in [2.24, 2.45) is 10.7 Å². The summed E-state index contributed by atoms with van der Waals surface area (Å²) in [5.74, 6) is 1.96. The lowest BCUT2D eigenvalue weighted by Gasteiger charge is -2.08. The number of nitrogens with one attached hydrogen (secondary N) is 1. The van der Waals surface area contributed by atoms with Crippen molar-refractivity contribution in [3.8, 4) is 11.5 Å². The minimum absolute atomic E-state index is 0. The number of fused-ring (bicyclic) bond motifs is 2. The molecule has 0 bridgehead atoms. The summed E-state index contributed by atoms with van der Waals surface area (Å²) >= 11 is 0. The average molecular weight is 437 g/mol. The first-order valence-electron chi connectivity index (χ1n) is 7.85. The van der Waals surface area contributed by atoms with Crippen LogP contribution in [0.4, 0.5) is 5.69 Å². The Bertz CT molecular complexity index is 777. The predicted molar refractivity (Wildman–Crippen MR) is 105 cm³/mol. The van der Waals surface area contributed by atoms with Crippen LogP contribution in [0.15, 0.2) is 41.4 Å². The molecule has 0 fully saturated rings. The van der Waals surface area contributed by atoms with E-state index >= 15 is 0 Å². The lowest BCUT2D eigenvalue weighted by molar-refractivity contribution is 0.174. The van der Waals surface area contributed by atoms with Gasteiger partial charge >= 0.3 is 0 Å². The number of aliphatic imine (C=N–C) groups is 1. The molecule has 126 valence electrons. The van der Waals surface area contributed by atoms with Gasteiger partial charge in [0.1, 0.15) is 0 Å². The quantitative estimate of drug-likeness (QED) is 0.439. The van der Waals surface area contributed by atoms with Crippen LogP contribution in [0.5, 0.6) is 11.5 Å². The monoisotopic (exact) mass is 437 g/mol. The molecule has 2 aromatic rings. The van der Waals surface area contributed by atoms with Crippen LogP contribution in [0.3, 0.4) is 0 Å². The van der Waals surface area contributed by atoms with Gasteiger partial charge in [0.2, 0.25) is 6.79 Å². The van der Waals surface area contributed by atoms with Crippen molar-refractivity contribution in [3.05, 3.63) is 53.1 Å². The van der Waals surface area contributed by atoms with E-state index in [0.29, 0.717) is 12.5 Å². The van der Waals surface area contributed by atoms with Gasteiger partial charge in [-0.2, -0.15) is 0 Å². The topological polar surface area (TPSA) is 68.9 Å². The van der Waals surface area contributed by atoms with Gasteiger partial charge in [-0.05, 0) is 60.2 Å². The molecule has 0 spiro atoms. The molecule has 6 heteroatoms. The van der Waals surface area contributed by atoms with Gasteiger partial charge in [-0.15, -0.1) is 24.0 Å². The molecule has 4 rings (SSSR count). The van der Waals surface area contributed by atoms with E-state index in [4.69, 9.17) is 15.2 Å². The molecule has 0 aromatic heterocycles. The zero-order valence-corrected chi connectivity index (χ0v) is 15.6. The lowest BCUT2D eigenvalue weighted by Crippen LogP contribution is -2.22. The van der Waals surface area contributed by atoms with E-state index in [0.717, 1.165) is 29.2 Å². The SMILES string of the molecule is I.NC(=NCc1ccc2c(c1)OCO2)Nc1ccc2c(c1)CCC2. The molecule has 0 unspecified atom stereocenters. The number of hydrogen-bond donors (Lipinski definition) is 2. The van der Waals surface area contributed by atoms with Crippen molar-refractivity contribution in [1.29, 1.82) is 0 Å². The van der Waals surface area contributed by atoms with Crippen LogP contribution in [0, 0.1) is 0 Å². The third-order valence-corrected chi connectivity index (χ3v) is 4.24. The summed E-state index contributed by atoms with van der Waals surface area (Å²) in [6.45, 7) is 0.782. The van der Waals surface area contributed by atoms with Crippen molar-refractivity contribution in [1.82, 2.24) is 0 Å². The Morgan fingerprint density at radius 1 is 1.04 bits per heavy atom. The molecule has 0 amide bonds. The number of ether oxygens (including phenoxy) is 2. The molecule has 5 nitrogen and oxygen atoms in total. The van der Waals surface area contributed by atoms with Crippen molar-refractivity contribution < 1.29 is 9.47 Å². The maximum absolute atomic E-state index is 5.99. The Balaban J connectivity index is 0.00000169. The molecule has 1 aliphatic carbocycles. The number of aryl methyl sites for hydroxylation is 2. The second-order valence-electron chi connectivity index (χ2n) is 5.85. The minimum Gasteiger partial charge on any atom is -0.454 e. The molecule has 2 aliphatic rings. The number of halogens is 1. The first kappa shape index (κ1) is 16.9. The second kappa shape index (κ2) is 7.29. The summed E-state index contributed by atoms with van der Waals surface area (Å²) in [5, 5.41) is 3.17. The van der Waals surface area contributed by atoms with Crippen LogP contribution >= 0.6 is 24.0 Å². The fourth-order valence-corrected chi connectivity index (χ4v) is 3.05. The van der Waals surface area contributed by atoms with E-state index in [1.165, 1.54) is 24.0 Å². The van der Waals surface area contributed by atoms with Gasteiger partial charge in [0, 0.05) is 5.69 Å². The molecular weight excluding hydrogens is 417 g/mol. The molecule has 2 aromatic carbocycles. The van der Waals surface area contributed by atoms with E-state index in [9.17, 15) is 0 Å². The van der Waals surface area contributed by atoms with Crippen molar-refractivity contribution >= 4 is 35.6 Å². The van der Waals surface area contributed by atoms with Crippen LogP contribution < -0.4 is 20.5 Å². The maximum Gasteiger partial charge on any atom is 0.231 e. The third-order valence-electron chi connectivity index (χ3n) is 4.24. The number of guanidine groups is 1. The summed E-state index contributed by atoms with van der Waals surface area (Å²) in [6.07, 6.45) is 3.58. The molecule has 24 heavy (non-hydrogen) atoms. The first-order chi connectivity index (χ1) is 11.3. The van der Waals surface area contributed by atoms with Crippen molar-refractivity contribution in [2.75, 3.05) is 12.1 Å². The number of nitrogens with zero attached hydrogens (tertiary/aromatic N) is 1. The molecule has 0 saturated heterocycles. The predicted octanol–water partition coefficient (Wildman–Crippen LogP) is 3.45. The van der Waals surface area contributed by atoms with E-state index in [-0.39, 0.29) is 30.8 Å². The van der Waals surface area contributed by atoms with Crippen LogP contribution in [-0.4, -0.2) is 12.8 Å². The van der Waals surface area contributed by atoms with Gasteiger partial charge in [-0.1, -0.05) is 12.1 Å². The van der Waals surface area contributed by atoms with Gasteiger partial charge in [0.15, 0.2) is 17.5 Å². The summed E-state index contributed by atoms with van der Waals surface area (Å²) < 4.78 is 10.7. The lowest BCUT2D eigenvalue weighted by atomic mass is 10.1. The van der Waals surface area contributed by atoms with Gasteiger partial charge in [0.25, 0.3) is 0 Å². The summed E-state index contributed by atoms with van der Waals surface area (Å²) in [6, 6.07) is 12.2. The molecule has 0 atom stereocenters. The molecule has 1 aliphatic heterocycles. The van der Waals surface area contributed by atoms with E-state index in [2.05, 4.69) is 28.5 Å². The highest BCUT2D eigenvalue weighted by atomic mass is 127. The number of rotatable bonds is 3. The van der Waals surface area contributed by atoms with Gasteiger partial charge < -0.3 is 20.5 Å². The van der Waals surface area contributed by atoms with Crippen LogP contribution in [0.2, 0.25) is 0 Å². The van der Waals surface area contributed by atoms with Crippen LogP contribution in [0.1, 0.15) is 23.1 Å². The highest BCUT2D eigenvalue weighted by Gasteiger charge is 2.13. The fourth-order valence-electron chi connectivity index (χ4n) is 3.05. The Morgan fingerprint density at radius 2 is 1.88 bits per heavy atom. The number of nitrogens with two attached hydrogens (primary N) is 1. The standard InChI is InChI=1S/C18H19N3O2.HI/c19-18(21-15-6-5-13-2-1-3-14(13)9-15)20-10-12-4-7-16-17(8-12)23-11-22-16;/h4-9H,1-3,10-11H2,(H3,19,20,21);1H. The van der Waals surface area contributed by atoms with Gasteiger partial charge in [-0.25, -0.2) is 4.99 Å². The van der Waals surface area contributed by atoms with Crippen molar-refractivity contribution in [3.63, 3.8) is 0 Å². The molecule has 1 heterocycles. The summed E-state index contributed by atoms with van der Waals surface area (Å²) in [4.78, 5) is 4.40. The Labute approximate surface area is 158 Å². The number of benzene rings is 2. The Hall–Kier alpha value is -1.96. The summed E-state index contributed by atoms with van der Waals surface area (Å²) in [7, 11) is 0. The van der Waals surface area contributed by atoms with E-state index < -0.39 is 0 Å². The van der Waals surface area contributed by atoms with E-state index in [1.807, 2.05) is 18.2 Å². The molecule has 0 saturated carbocycles. The number of hydrogen-bond acceptors (Lipinski definition) is 3. The maximum atomic E-state index is 5.99. The second-order valence-corrected chi connectivity index (χ2v) is 5.85. The highest BCUT2D eigenvalue weighted by molar-refractivity contribution is 14.0. The molecule has 3 N–H and O–H groups in total. The van der Waals surface area contributed by atoms with E-state index in [1.54, 1.807) is 0 Å². The fraction of sp³-hybridized carbons (Fsp3) is 0.278. The largest absolute Gasteiger partial charge is 0.454 e. The van der Waals surface area contributed by atoms with Crippen LogP contribution in [0.25, 0.3) is 0 Å². The smallest absolute Gasteiger partial charge is 0.231 e. The number of anilines is 1. The summed E-state index contributed by atoms with van der Waals surface area (Å²) in [5.41, 5.74) is 10.9. The van der Waals surface area contributed by atoms with Crippen molar-refractivity contribution in [2.45, 2.75) is 25.8 Å². The Kier molecular flexibility index (Phi) is 5.13. The average Bonchev–Trinajstić information content (AvgIpc) is 3.20. The van der Waals surface area contributed by atoms with Gasteiger partial charge in [-0.3, -0.25) is 0 Å².